The summed E-state index contributed by atoms with van der Waals surface area (Å²) in [5, 5.41) is 8.79. The van der Waals surface area contributed by atoms with Crippen LogP contribution in [-0.2, 0) is 19.6 Å². The van der Waals surface area contributed by atoms with Gasteiger partial charge in [-0.15, -0.1) is 0 Å². The van der Waals surface area contributed by atoms with E-state index in [-0.39, 0.29) is 24.2 Å². The summed E-state index contributed by atoms with van der Waals surface area (Å²) in [5.74, 6) is -1.18. The lowest BCUT2D eigenvalue weighted by Crippen LogP contribution is -2.40. The first-order valence-corrected chi connectivity index (χ1v) is 7.42. The summed E-state index contributed by atoms with van der Waals surface area (Å²) in [6, 6.07) is -0.593. The highest BCUT2D eigenvalue weighted by atomic mass is 32.2. The van der Waals surface area contributed by atoms with Crippen molar-refractivity contribution in [3.05, 3.63) is 0 Å². The van der Waals surface area contributed by atoms with Crippen LogP contribution >= 0.6 is 0 Å². The van der Waals surface area contributed by atoms with E-state index in [1.165, 1.54) is 7.11 Å². The normalized spacial score (nSPS) is 14.4. The van der Waals surface area contributed by atoms with E-state index in [4.69, 9.17) is 9.84 Å². The van der Waals surface area contributed by atoms with Gasteiger partial charge in [0.1, 0.15) is 0 Å². The molecule has 2 N–H and O–H groups in total. The van der Waals surface area contributed by atoms with Gasteiger partial charge in [0, 0.05) is 13.2 Å². The first-order chi connectivity index (χ1) is 8.06. The highest BCUT2D eigenvalue weighted by molar-refractivity contribution is 7.89. The number of methoxy groups -OCH3 is 1. The number of carboxylic acids is 1. The second-order valence-electron chi connectivity index (χ2n) is 5.49. The van der Waals surface area contributed by atoms with E-state index in [2.05, 4.69) is 4.72 Å². The Kier molecular flexibility index (Phi) is 6.80. The summed E-state index contributed by atoms with van der Waals surface area (Å²) in [6.07, 6.45) is 0.245. The van der Waals surface area contributed by atoms with Crippen molar-refractivity contribution in [3.63, 3.8) is 0 Å². The number of aliphatic carboxylic acids is 1. The molecule has 0 aliphatic heterocycles. The maximum atomic E-state index is 11.7. The molecule has 0 saturated carbocycles. The fraction of sp³-hybridized carbons (Fsp3) is 0.909. The van der Waals surface area contributed by atoms with Crippen molar-refractivity contribution in [2.75, 3.05) is 19.5 Å². The van der Waals surface area contributed by atoms with Gasteiger partial charge in [0.2, 0.25) is 10.0 Å². The van der Waals surface area contributed by atoms with E-state index >= 15 is 0 Å². The van der Waals surface area contributed by atoms with Gasteiger partial charge >= 0.3 is 5.97 Å². The third kappa shape index (κ3) is 9.38. The fourth-order valence-corrected chi connectivity index (χ4v) is 2.79. The predicted octanol–water partition coefficient (Wildman–Crippen LogP) is 0.832. The lowest BCUT2D eigenvalue weighted by molar-refractivity contribution is -0.137. The summed E-state index contributed by atoms with van der Waals surface area (Å²) in [7, 11) is -2.08. The van der Waals surface area contributed by atoms with Crippen LogP contribution in [0.3, 0.4) is 0 Å². The van der Waals surface area contributed by atoms with Gasteiger partial charge in [-0.25, -0.2) is 13.1 Å². The third-order valence-electron chi connectivity index (χ3n) is 2.18. The Balaban J connectivity index is 4.63. The predicted molar refractivity (Wildman–Crippen MR) is 68.9 cm³/mol. The van der Waals surface area contributed by atoms with Crippen LogP contribution in [0, 0.1) is 5.41 Å². The number of sulfonamides is 1. The Morgan fingerprint density at radius 1 is 1.39 bits per heavy atom. The van der Waals surface area contributed by atoms with Crippen molar-refractivity contribution in [3.8, 4) is 0 Å². The summed E-state index contributed by atoms with van der Waals surface area (Å²) >= 11 is 0. The SMILES string of the molecule is COCCS(=O)(=O)NC(CC(=O)O)CC(C)(C)C. The van der Waals surface area contributed by atoms with Crippen LogP contribution in [0.2, 0.25) is 0 Å². The van der Waals surface area contributed by atoms with Gasteiger partial charge in [0.15, 0.2) is 0 Å². The molecule has 6 nitrogen and oxygen atoms in total. The zero-order valence-electron chi connectivity index (χ0n) is 11.4. The maximum absolute atomic E-state index is 11.7. The van der Waals surface area contributed by atoms with Crippen molar-refractivity contribution < 1.29 is 23.1 Å². The number of rotatable bonds is 8. The molecule has 1 unspecified atom stereocenters. The molecule has 0 heterocycles. The Morgan fingerprint density at radius 2 is 1.94 bits per heavy atom. The van der Waals surface area contributed by atoms with Crippen LogP contribution in [0.1, 0.15) is 33.6 Å². The van der Waals surface area contributed by atoms with Crippen LogP contribution in [0.15, 0.2) is 0 Å². The van der Waals surface area contributed by atoms with Crippen molar-refractivity contribution >= 4 is 16.0 Å². The summed E-state index contributed by atoms with van der Waals surface area (Å²) < 4.78 is 30.5. The molecule has 1 atom stereocenters. The molecule has 0 fully saturated rings. The Morgan fingerprint density at radius 3 is 2.33 bits per heavy atom. The molecule has 0 aromatic carbocycles. The quantitative estimate of drug-likeness (QED) is 0.687. The maximum Gasteiger partial charge on any atom is 0.304 e. The average molecular weight is 281 g/mol. The topological polar surface area (TPSA) is 92.7 Å². The van der Waals surface area contributed by atoms with Crippen LogP contribution in [0.4, 0.5) is 0 Å². The number of ether oxygens (including phenoxy) is 1. The molecule has 7 heteroatoms. The zero-order valence-corrected chi connectivity index (χ0v) is 12.2. The van der Waals surface area contributed by atoms with Crippen LogP contribution in [-0.4, -0.2) is 45.0 Å². The van der Waals surface area contributed by atoms with E-state index < -0.39 is 22.0 Å². The van der Waals surface area contributed by atoms with Crippen molar-refractivity contribution in [1.82, 2.24) is 4.72 Å². The molecule has 0 aromatic heterocycles. The minimum atomic E-state index is -3.50. The molecule has 0 radical (unpaired) electrons. The van der Waals surface area contributed by atoms with Gasteiger partial charge in [0.05, 0.1) is 18.8 Å². The summed E-state index contributed by atoms with van der Waals surface area (Å²) in [5.41, 5.74) is -0.149. The molecule has 0 aliphatic carbocycles. The van der Waals surface area contributed by atoms with E-state index in [0.29, 0.717) is 6.42 Å². The summed E-state index contributed by atoms with van der Waals surface area (Å²) in [4.78, 5) is 10.7. The Bertz CT molecular complexity index is 358. The smallest absolute Gasteiger partial charge is 0.304 e. The fourth-order valence-electron chi connectivity index (χ4n) is 1.61. The van der Waals surface area contributed by atoms with Gasteiger partial charge in [-0.1, -0.05) is 20.8 Å². The van der Waals surface area contributed by atoms with Gasteiger partial charge in [-0.05, 0) is 11.8 Å². The Hall–Kier alpha value is -0.660. The molecule has 0 bridgehead atoms. The van der Waals surface area contributed by atoms with Crippen LogP contribution in [0.25, 0.3) is 0 Å². The lowest BCUT2D eigenvalue weighted by Gasteiger charge is -2.25. The van der Waals surface area contributed by atoms with Gasteiger partial charge < -0.3 is 9.84 Å². The van der Waals surface area contributed by atoms with Gasteiger partial charge in [-0.2, -0.15) is 0 Å². The van der Waals surface area contributed by atoms with Crippen molar-refractivity contribution in [1.29, 1.82) is 0 Å². The molecule has 18 heavy (non-hydrogen) atoms. The number of hydrogen-bond donors (Lipinski definition) is 2. The number of carboxylic acid groups (broad SMARTS) is 1. The van der Waals surface area contributed by atoms with Crippen molar-refractivity contribution in [2.45, 2.75) is 39.7 Å². The van der Waals surface area contributed by atoms with Gasteiger partial charge in [-0.3, -0.25) is 4.79 Å². The third-order valence-corrected chi connectivity index (χ3v) is 3.58. The van der Waals surface area contributed by atoms with E-state index in [1.54, 1.807) is 0 Å². The first-order valence-electron chi connectivity index (χ1n) is 5.76. The monoisotopic (exact) mass is 281 g/mol. The second kappa shape index (κ2) is 7.06. The average Bonchev–Trinajstić information content (AvgIpc) is 2.09. The molecular formula is C11H23NO5S. The van der Waals surface area contributed by atoms with Crippen LogP contribution in [0.5, 0.6) is 0 Å². The highest BCUT2D eigenvalue weighted by Crippen LogP contribution is 2.22. The summed E-state index contributed by atoms with van der Waals surface area (Å²) in [6.45, 7) is 5.90. The standard InChI is InChI=1S/C11H23NO5S/c1-11(2,3)8-9(7-10(13)14)12-18(15,16)6-5-17-4/h9,12H,5-8H2,1-4H3,(H,13,14). The van der Waals surface area contributed by atoms with E-state index in [0.717, 1.165) is 0 Å². The highest BCUT2D eigenvalue weighted by Gasteiger charge is 2.25. The van der Waals surface area contributed by atoms with E-state index in [1.807, 2.05) is 20.8 Å². The number of carbonyl (C=O) groups is 1. The molecule has 0 spiro atoms. The zero-order chi connectivity index (χ0) is 14.4. The minimum absolute atomic E-state index is 0.0879. The minimum Gasteiger partial charge on any atom is -0.481 e. The number of nitrogens with one attached hydrogen (secondary N) is 1. The molecule has 108 valence electrons. The molecule has 0 aromatic rings. The Labute approximate surface area is 109 Å². The molecule has 0 amide bonds. The van der Waals surface area contributed by atoms with Crippen LogP contribution < -0.4 is 4.72 Å². The van der Waals surface area contributed by atoms with Gasteiger partial charge in [0.25, 0.3) is 0 Å². The first kappa shape index (κ1) is 17.3. The lowest BCUT2D eigenvalue weighted by atomic mass is 9.87. The second-order valence-corrected chi connectivity index (χ2v) is 7.36. The molecular weight excluding hydrogens is 258 g/mol. The molecule has 0 rings (SSSR count). The van der Waals surface area contributed by atoms with Crippen molar-refractivity contribution in [2.24, 2.45) is 5.41 Å². The largest absolute Gasteiger partial charge is 0.481 e. The molecule has 0 saturated heterocycles. The van der Waals surface area contributed by atoms with E-state index in [9.17, 15) is 13.2 Å². The molecule has 0 aliphatic rings. The number of hydrogen-bond acceptors (Lipinski definition) is 4.